The molecule has 0 aliphatic carbocycles. The smallest absolute Gasteiger partial charge is 0.331 e. The molecule has 0 bridgehead atoms. The average molecular weight is 457 g/mol. The third kappa shape index (κ3) is 4.75. The Morgan fingerprint density at radius 3 is 2.74 bits per heavy atom. The molecule has 0 saturated carbocycles. The van der Waals surface area contributed by atoms with Crippen LogP contribution in [-0.2, 0) is 26.2 Å². The van der Waals surface area contributed by atoms with Gasteiger partial charge in [-0.15, -0.1) is 11.3 Å². The van der Waals surface area contributed by atoms with Crippen molar-refractivity contribution in [1.82, 2.24) is 9.71 Å². The monoisotopic (exact) mass is 456 g/mol. The Hall–Kier alpha value is -3.24. The zero-order valence-corrected chi connectivity index (χ0v) is 18.5. The van der Waals surface area contributed by atoms with Crippen LogP contribution in [0.25, 0.3) is 0 Å². The number of ether oxygens (including phenoxy) is 1. The average Bonchev–Trinajstić information content (AvgIpc) is 3.30. The molecule has 2 aromatic carbocycles. The van der Waals surface area contributed by atoms with Crippen LogP contribution in [0.1, 0.15) is 23.7 Å². The van der Waals surface area contributed by atoms with Crippen molar-refractivity contribution in [2.75, 3.05) is 5.32 Å². The lowest BCUT2D eigenvalue weighted by Gasteiger charge is -2.08. The van der Waals surface area contributed by atoms with Gasteiger partial charge in [-0.25, -0.2) is 18.2 Å². The van der Waals surface area contributed by atoms with Crippen molar-refractivity contribution < 1.29 is 17.9 Å². The minimum absolute atomic E-state index is 0.00240. The van der Waals surface area contributed by atoms with Crippen LogP contribution in [0.5, 0.6) is 0 Å². The summed E-state index contributed by atoms with van der Waals surface area (Å²) in [6, 6.07) is 13.5. The van der Waals surface area contributed by atoms with Gasteiger partial charge in [-0.1, -0.05) is 29.8 Å². The van der Waals surface area contributed by atoms with Crippen LogP contribution < -0.4 is 10.0 Å². The molecular weight excluding hydrogens is 436 g/mol. The first-order valence-electron chi connectivity index (χ1n) is 9.46. The molecule has 4 rings (SSSR count). The number of anilines is 2. The Kier molecular flexibility index (Phi) is 5.75. The molecule has 0 amide bonds. The van der Waals surface area contributed by atoms with Crippen LogP contribution in [0.3, 0.4) is 0 Å². The summed E-state index contributed by atoms with van der Waals surface area (Å²) in [6.07, 6.45) is 0. The lowest BCUT2D eigenvalue weighted by molar-refractivity contribution is -0.146. The number of carbonyl (C=O) groups is 1. The molecule has 0 radical (unpaired) electrons. The predicted octanol–water partition coefficient (Wildman–Crippen LogP) is 3.37. The van der Waals surface area contributed by atoms with Gasteiger partial charge >= 0.3 is 5.97 Å². The fourth-order valence-corrected chi connectivity index (χ4v) is 4.89. The lowest BCUT2D eigenvalue weighted by Crippen LogP contribution is -2.26. The second-order valence-corrected chi connectivity index (χ2v) is 9.51. The molecule has 1 aromatic heterocycles. The molecule has 0 saturated heterocycles. The SMILES string of the molecule is Cc1ccc(Nc2nc(COC(=O)C(C)N=C3NS(=O)(=O)c4ccccc43)cs2)cc1. The van der Waals surface area contributed by atoms with Gasteiger partial charge in [0.05, 0.1) is 10.6 Å². The van der Waals surface area contributed by atoms with Crippen LogP contribution in [-0.4, -0.2) is 31.2 Å². The Bertz CT molecular complexity index is 1250. The number of aromatic nitrogens is 1. The van der Waals surface area contributed by atoms with E-state index in [-0.39, 0.29) is 17.3 Å². The summed E-state index contributed by atoms with van der Waals surface area (Å²) in [6.45, 7) is 3.57. The van der Waals surface area contributed by atoms with E-state index in [1.165, 1.54) is 23.0 Å². The van der Waals surface area contributed by atoms with Crippen molar-refractivity contribution in [1.29, 1.82) is 0 Å². The summed E-state index contributed by atoms with van der Waals surface area (Å²) >= 11 is 1.41. The Balaban J connectivity index is 1.37. The van der Waals surface area contributed by atoms with Gasteiger partial charge in [0.2, 0.25) is 0 Å². The number of amidine groups is 1. The number of benzene rings is 2. The maximum absolute atomic E-state index is 12.4. The zero-order valence-electron chi connectivity index (χ0n) is 16.8. The number of hydrogen-bond acceptors (Lipinski definition) is 8. The number of aliphatic imine (C=N–C) groups is 1. The first kappa shape index (κ1) is 21.0. The number of carbonyl (C=O) groups excluding carboxylic acids is 1. The summed E-state index contributed by atoms with van der Waals surface area (Å²) in [5, 5.41) is 5.71. The third-order valence-corrected chi connectivity index (χ3v) is 6.75. The lowest BCUT2D eigenvalue weighted by atomic mass is 10.2. The fraction of sp³-hybridized carbons (Fsp3) is 0.190. The van der Waals surface area contributed by atoms with E-state index < -0.39 is 22.0 Å². The maximum atomic E-state index is 12.4. The molecular formula is C21H20N4O4S2. The van der Waals surface area contributed by atoms with Gasteiger partial charge in [0.15, 0.2) is 5.13 Å². The first-order valence-corrected chi connectivity index (χ1v) is 11.8. The summed E-state index contributed by atoms with van der Waals surface area (Å²) in [5.74, 6) is -0.435. The number of thiazole rings is 1. The van der Waals surface area contributed by atoms with E-state index in [1.807, 2.05) is 36.6 Å². The summed E-state index contributed by atoms with van der Waals surface area (Å²) in [7, 11) is -3.66. The van der Waals surface area contributed by atoms with Crippen molar-refractivity contribution in [2.45, 2.75) is 31.4 Å². The number of esters is 1. The second-order valence-electron chi connectivity index (χ2n) is 7.00. The second kappa shape index (κ2) is 8.48. The number of nitrogens with one attached hydrogen (secondary N) is 2. The molecule has 1 atom stereocenters. The van der Waals surface area contributed by atoms with E-state index in [0.717, 1.165) is 5.69 Å². The van der Waals surface area contributed by atoms with E-state index in [0.29, 0.717) is 16.4 Å². The number of sulfonamides is 1. The summed E-state index contributed by atoms with van der Waals surface area (Å²) in [4.78, 5) is 21.1. The Morgan fingerprint density at radius 2 is 1.97 bits per heavy atom. The minimum atomic E-state index is -3.66. The van der Waals surface area contributed by atoms with E-state index in [4.69, 9.17) is 4.74 Å². The van der Waals surface area contributed by atoms with Crippen molar-refractivity contribution in [3.05, 3.63) is 70.7 Å². The predicted molar refractivity (Wildman–Crippen MR) is 119 cm³/mol. The molecule has 8 nitrogen and oxygen atoms in total. The van der Waals surface area contributed by atoms with Gasteiger partial charge in [-0.3, -0.25) is 9.71 Å². The van der Waals surface area contributed by atoms with Gasteiger partial charge < -0.3 is 10.1 Å². The summed E-state index contributed by atoms with van der Waals surface area (Å²) in [5.41, 5.74) is 3.14. The number of rotatable bonds is 6. The Labute approximate surface area is 184 Å². The molecule has 2 N–H and O–H groups in total. The quantitative estimate of drug-likeness (QED) is 0.551. The molecule has 0 fully saturated rings. The van der Waals surface area contributed by atoms with E-state index in [1.54, 1.807) is 25.1 Å². The van der Waals surface area contributed by atoms with Crippen LogP contribution >= 0.6 is 11.3 Å². The van der Waals surface area contributed by atoms with Gasteiger partial charge in [0.1, 0.15) is 18.5 Å². The molecule has 160 valence electrons. The normalized spacial score (nSPS) is 16.4. The van der Waals surface area contributed by atoms with Crippen molar-refractivity contribution in [3.8, 4) is 0 Å². The Morgan fingerprint density at radius 1 is 1.23 bits per heavy atom. The first-order chi connectivity index (χ1) is 14.8. The molecule has 1 unspecified atom stereocenters. The van der Waals surface area contributed by atoms with Gasteiger partial charge in [0, 0.05) is 16.6 Å². The van der Waals surface area contributed by atoms with Crippen molar-refractivity contribution in [2.24, 2.45) is 4.99 Å². The highest BCUT2D eigenvalue weighted by Crippen LogP contribution is 2.23. The molecule has 1 aliphatic rings. The van der Waals surface area contributed by atoms with E-state index in [9.17, 15) is 13.2 Å². The molecule has 0 spiro atoms. The van der Waals surface area contributed by atoms with E-state index in [2.05, 4.69) is 20.0 Å². The molecule has 3 aromatic rings. The highest BCUT2D eigenvalue weighted by Gasteiger charge is 2.31. The van der Waals surface area contributed by atoms with Crippen LogP contribution in [0, 0.1) is 6.92 Å². The van der Waals surface area contributed by atoms with Gasteiger partial charge in [-0.05, 0) is 38.1 Å². The maximum Gasteiger partial charge on any atom is 0.331 e. The highest BCUT2D eigenvalue weighted by molar-refractivity contribution is 7.90. The minimum Gasteiger partial charge on any atom is -0.458 e. The highest BCUT2D eigenvalue weighted by atomic mass is 32.2. The number of hydrogen-bond donors (Lipinski definition) is 2. The molecule has 31 heavy (non-hydrogen) atoms. The van der Waals surface area contributed by atoms with E-state index >= 15 is 0 Å². The number of aryl methyl sites for hydroxylation is 1. The standard InChI is InChI=1S/C21H20N4O4S2/c1-13-7-9-15(10-8-13)23-21-24-16(12-30-21)11-29-20(26)14(2)22-19-17-5-3-4-6-18(17)31(27,28)25-19/h3-10,12,14H,11H2,1-2H3,(H,22,25)(H,23,24). The third-order valence-electron chi connectivity index (χ3n) is 4.54. The summed E-state index contributed by atoms with van der Waals surface area (Å²) < 4.78 is 32.0. The topological polar surface area (TPSA) is 110 Å². The van der Waals surface area contributed by atoms with Crippen molar-refractivity contribution in [3.63, 3.8) is 0 Å². The number of fused-ring (bicyclic) bond motifs is 1. The molecule has 1 aliphatic heterocycles. The van der Waals surface area contributed by atoms with Crippen molar-refractivity contribution >= 4 is 44.0 Å². The zero-order chi connectivity index (χ0) is 22.0. The largest absolute Gasteiger partial charge is 0.458 e. The van der Waals surface area contributed by atoms with Gasteiger partial charge in [0.25, 0.3) is 10.0 Å². The number of nitrogens with zero attached hydrogens (tertiary/aromatic N) is 2. The van der Waals surface area contributed by atoms with Crippen LogP contribution in [0.2, 0.25) is 0 Å². The molecule has 10 heteroatoms. The molecule has 2 heterocycles. The fourth-order valence-electron chi connectivity index (χ4n) is 2.93. The van der Waals surface area contributed by atoms with Gasteiger partial charge in [-0.2, -0.15) is 0 Å². The van der Waals surface area contributed by atoms with Crippen LogP contribution in [0.15, 0.2) is 63.8 Å². The van der Waals surface area contributed by atoms with Crippen LogP contribution in [0.4, 0.5) is 10.8 Å².